The first-order valence-corrected chi connectivity index (χ1v) is 8.91. The van der Waals surface area contributed by atoms with E-state index in [1.807, 2.05) is 0 Å². The highest BCUT2D eigenvalue weighted by molar-refractivity contribution is 5.22. The Morgan fingerprint density at radius 3 is 2.62 bits per heavy atom. The van der Waals surface area contributed by atoms with E-state index in [1.54, 1.807) is 12.4 Å². The van der Waals surface area contributed by atoms with Gasteiger partial charge in [0.2, 0.25) is 5.95 Å². The van der Waals surface area contributed by atoms with Crippen LogP contribution in [0, 0.1) is 0 Å². The molecule has 1 fully saturated rings. The molecule has 2 aromatic rings. The van der Waals surface area contributed by atoms with E-state index in [1.165, 1.54) is 43.4 Å². The summed E-state index contributed by atoms with van der Waals surface area (Å²) in [5, 5.41) is 0. The Balaban J connectivity index is 1.44. The van der Waals surface area contributed by atoms with Crippen LogP contribution in [0.3, 0.4) is 0 Å². The fourth-order valence-electron chi connectivity index (χ4n) is 3.79. The molecule has 4 rings (SSSR count). The summed E-state index contributed by atoms with van der Waals surface area (Å²) in [4.78, 5) is 20.1. The number of hydrogen-bond acceptors (Lipinski definition) is 6. The number of nitrogen functional groups attached to an aromatic ring is 1. The van der Waals surface area contributed by atoms with Crippen LogP contribution in [0.25, 0.3) is 0 Å². The standard InChI is InChI=1S/C18H24N6/c19-18-21-8-13(9-22-18)11-24-7-6-16-15(12-24)10-20-17(23-16)14-4-2-1-3-5-14/h8-10,14H,1-7,11-12H2,(H2,19,21,22). The van der Waals surface area contributed by atoms with Gasteiger partial charge in [0.15, 0.2) is 0 Å². The number of anilines is 1. The van der Waals surface area contributed by atoms with Crippen LogP contribution in [0.1, 0.15) is 60.7 Å². The molecule has 2 aliphatic rings. The van der Waals surface area contributed by atoms with Gasteiger partial charge in [0.1, 0.15) is 5.82 Å². The van der Waals surface area contributed by atoms with Crippen molar-refractivity contribution in [2.45, 2.75) is 57.5 Å². The van der Waals surface area contributed by atoms with E-state index in [2.05, 4.69) is 26.0 Å². The summed E-state index contributed by atoms with van der Waals surface area (Å²) in [5.74, 6) is 1.98. The third kappa shape index (κ3) is 3.38. The van der Waals surface area contributed by atoms with E-state index in [0.29, 0.717) is 11.9 Å². The minimum absolute atomic E-state index is 0.325. The van der Waals surface area contributed by atoms with E-state index in [-0.39, 0.29) is 0 Å². The Kier molecular flexibility index (Phi) is 4.38. The number of nitrogens with zero attached hydrogens (tertiary/aromatic N) is 5. The molecule has 0 radical (unpaired) electrons. The highest BCUT2D eigenvalue weighted by Crippen LogP contribution is 2.31. The minimum Gasteiger partial charge on any atom is -0.368 e. The van der Waals surface area contributed by atoms with Crippen LogP contribution in [-0.4, -0.2) is 31.4 Å². The van der Waals surface area contributed by atoms with Gasteiger partial charge in [0, 0.05) is 67.4 Å². The van der Waals surface area contributed by atoms with Crippen LogP contribution < -0.4 is 5.73 Å². The zero-order chi connectivity index (χ0) is 16.4. The van der Waals surface area contributed by atoms with E-state index in [0.717, 1.165) is 37.4 Å². The zero-order valence-corrected chi connectivity index (χ0v) is 14.0. The average Bonchev–Trinajstić information content (AvgIpc) is 2.64. The fraction of sp³-hybridized carbons (Fsp3) is 0.556. The molecule has 0 aromatic carbocycles. The lowest BCUT2D eigenvalue weighted by Gasteiger charge is -2.29. The lowest BCUT2D eigenvalue weighted by molar-refractivity contribution is 0.241. The van der Waals surface area contributed by atoms with Gasteiger partial charge in [0.25, 0.3) is 0 Å². The van der Waals surface area contributed by atoms with Gasteiger partial charge < -0.3 is 5.73 Å². The Labute approximate surface area is 142 Å². The monoisotopic (exact) mass is 324 g/mol. The Morgan fingerprint density at radius 1 is 1.04 bits per heavy atom. The Hall–Kier alpha value is -2.08. The van der Waals surface area contributed by atoms with Gasteiger partial charge in [-0.2, -0.15) is 0 Å². The van der Waals surface area contributed by atoms with Gasteiger partial charge in [-0.3, -0.25) is 4.90 Å². The minimum atomic E-state index is 0.325. The molecule has 1 saturated carbocycles. The van der Waals surface area contributed by atoms with Gasteiger partial charge in [-0.25, -0.2) is 19.9 Å². The highest BCUT2D eigenvalue weighted by Gasteiger charge is 2.22. The number of aromatic nitrogens is 4. The summed E-state index contributed by atoms with van der Waals surface area (Å²) in [7, 11) is 0. The highest BCUT2D eigenvalue weighted by atomic mass is 15.1. The van der Waals surface area contributed by atoms with Crippen LogP contribution in [0.4, 0.5) is 5.95 Å². The van der Waals surface area contributed by atoms with Crippen LogP contribution in [0.2, 0.25) is 0 Å². The van der Waals surface area contributed by atoms with Crippen LogP contribution in [0.15, 0.2) is 18.6 Å². The molecular weight excluding hydrogens is 300 g/mol. The zero-order valence-electron chi connectivity index (χ0n) is 14.0. The molecule has 3 heterocycles. The van der Waals surface area contributed by atoms with Gasteiger partial charge in [-0.1, -0.05) is 19.3 Å². The van der Waals surface area contributed by atoms with Crippen molar-refractivity contribution in [3.05, 3.63) is 41.2 Å². The topological polar surface area (TPSA) is 80.8 Å². The second kappa shape index (κ2) is 6.81. The summed E-state index contributed by atoms with van der Waals surface area (Å²) in [6, 6.07) is 0. The maximum absolute atomic E-state index is 5.55. The fourth-order valence-corrected chi connectivity index (χ4v) is 3.79. The average molecular weight is 324 g/mol. The normalized spacial score (nSPS) is 19.2. The van der Waals surface area contributed by atoms with Gasteiger partial charge in [0.05, 0.1) is 0 Å². The molecule has 2 N–H and O–H groups in total. The maximum Gasteiger partial charge on any atom is 0.219 e. The molecule has 24 heavy (non-hydrogen) atoms. The number of fused-ring (bicyclic) bond motifs is 1. The van der Waals surface area contributed by atoms with Crippen molar-refractivity contribution in [3.63, 3.8) is 0 Å². The largest absolute Gasteiger partial charge is 0.368 e. The molecule has 0 amide bonds. The predicted molar refractivity (Wildman–Crippen MR) is 92.1 cm³/mol. The number of rotatable bonds is 3. The summed E-state index contributed by atoms with van der Waals surface area (Å²) in [6.45, 7) is 2.74. The number of nitrogens with two attached hydrogens (primary N) is 1. The molecule has 1 aliphatic heterocycles. The molecule has 126 valence electrons. The Morgan fingerprint density at radius 2 is 1.83 bits per heavy atom. The first kappa shape index (κ1) is 15.4. The van der Waals surface area contributed by atoms with Crippen molar-refractivity contribution in [2.75, 3.05) is 12.3 Å². The molecule has 6 heteroatoms. The van der Waals surface area contributed by atoms with Gasteiger partial charge in [-0.05, 0) is 12.8 Å². The van der Waals surface area contributed by atoms with Crippen molar-refractivity contribution in [1.82, 2.24) is 24.8 Å². The molecule has 1 aliphatic carbocycles. The van der Waals surface area contributed by atoms with Crippen LogP contribution in [0.5, 0.6) is 0 Å². The van der Waals surface area contributed by atoms with Crippen molar-refractivity contribution < 1.29 is 0 Å². The maximum atomic E-state index is 5.55. The summed E-state index contributed by atoms with van der Waals surface area (Å²) in [5.41, 5.74) is 9.14. The molecule has 6 nitrogen and oxygen atoms in total. The first-order chi connectivity index (χ1) is 11.8. The SMILES string of the molecule is Nc1ncc(CN2CCc3nc(C4CCCCC4)ncc3C2)cn1. The molecular formula is C18H24N6. The summed E-state index contributed by atoms with van der Waals surface area (Å²) < 4.78 is 0. The van der Waals surface area contributed by atoms with Crippen molar-refractivity contribution >= 4 is 5.95 Å². The lowest BCUT2D eigenvalue weighted by Crippen LogP contribution is -2.31. The first-order valence-electron chi connectivity index (χ1n) is 8.91. The van der Waals surface area contributed by atoms with E-state index < -0.39 is 0 Å². The van der Waals surface area contributed by atoms with E-state index in [9.17, 15) is 0 Å². The van der Waals surface area contributed by atoms with Gasteiger partial charge >= 0.3 is 0 Å². The third-order valence-electron chi connectivity index (χ3n) is 5.13. The third-order valence-corrected chi connectivity index (χ3v) is 5.13. The lowest BCUT2D eigenvalue weighted by atomic mass is 9.88. The summed E-state index contributed by atoms with van der Waals surface area (Å²) >= 11 is 0. The van der Waals surface area contributed by atoms with Crippen molar-refractivity contribution in [1.29, 1.82) is 0 Å². The molecule has 0 bridgehead atoms. The number of hydrogen-bond donors (Lipinski definition) is 1. The molecule has 0 unspecified atom stereocenters. The van der Waals surface area contributed by atoms with Gasteiger partial charge in [-0.15, -0.1) is 0 Å². The predicted octanol–water partition coefficient (Wildman–Crippen LogP) is 2.45. The van der Waals surface area contributed by atoms with Crippen LogP contribution >= 0.6 is 0 Å². The summed E-state index contributed by atoms with van der Waals surface area (Å²) in [6.07, 6.45) is 13.2. The molecule has 0 saturated heterocycles. The van der Waals surface area contributed by atoms with E-state index in [4.69, 9.17) is 10.7 Å². The second-order valence-electron chi connectivity index (χ2n) is 6.95. The second-order valence-corrected chi connectivity index (χ2v) is 6.95. The Bertz CT molecular complexity index is 693. The van der Waals surface area contributed by atoms with Crippen LogP contribution in [-0.2, 0) is 19.5 Å². The quantitative estimate of drug-likeness (QED) is 0.934. The smallest absolute Gasteiger partial charge is 0.219 e. The molecule has 0 spiro atoms. The van der Waals surface area contributed by atoms with E-state index >= 15 is 0 Å². The molecule has 2 aromatic heterocycles. The van der Waals surface area contributed by atoms with Crippen molar-refractivity contribution in [3.8, 4) is 0 Å². The van der Waals surface area contributed by atoms with Crippen molar-refractivity contribution in [2.24, 2.45) is 0 Å². The molecule has 0 atom stereocenters.